The first-order chi connectivity index (χ1) is 25.5. The lowest BCUT2D eigenvalue weighted by Crippen LogP contribution is -2.53. The number of hydrazine groups is 1. The number of benzene rings is 4. The molecule has 268 valence electrons. The van der Waals surface area contributed by atoms with Gasteiger partial charge in [0, 0.05) is 28.6 Å². The summed E-state index contributed by atoms with van der Waals surface area (Å²) < 4.78 is 5.43. The lowest BCUT2D eigenvalue weighted by Gasteiger charge is -2.50. The van der Waals surface area contributed by atoms with E-state index in [0.717, 1.165) is 9.91 Å². The molecule has 4 aromatic rings. The molecule has 14 heteroatoms. The number of nitro groups is 1. The number of amides is 4. The number of carbonyl (C=O) groups excluding carboxylic acids is 4. The zero-order chi connectivity index (χ0) is 37.3. The molecule has 8 rings (SSSR count). The smallest absolute Gasteiger partial charge is 0.271 e. The van der Waals surface area contributed by atoms with Gasteiger partial charge in [0.25, 0.3) is 17.5 Å². The molecule has 2 saturated heterocycles. The lowest BCUT2D eigenvalue weighted by atomic mass is 9.49. The molecule has 53 heavy (non-hydrogen) atoms. The van der Waals surface area contributed by atoms with Crippen molar-refractivity contribution in [1.82, 2.24) is 5.01 Å². The van der Waals surface area contributed by atoms with Crippen LogP contribution < -0.4 is 15.1 Å². The number of allylic oxidation sites excluding steroid dienone is 2. The number of non-ortho nitro benzene ring substituents is 1. The van der Waals surface area contributed by atoms with Crippen molar-refractivity contribution in [2.75, 3.05) is 17.4 Å². The number of fused-ring (bicyclic) bond motifs is 4. The van der Waals surface area contributed by atoms with Gasteiger partial charge in [-0.25, -0.2) is 4.90 Å². The second-order valence-corrected chi connectivity index (χ2v) is 14.4. The molecule has 0 aromatic heterocycles. The Morgan fingerprint density at radius 1 is 0.906 bits per heavy atom. The molecule has 2 aliphatic heterocycles. The molecule has 0 radical (unpaired) electrons. The fourth-order valence-corrected chi connectivity index (χ4v) is 9.37. The molecule has 2 N–H and O–H groups in total. The van der Waals surface area contributed by atoms with Crippen molar-refractivity contribution in [3.63, 3.8) is 0 Å². The van der Waals surface area contributed by atoms with Crippen molar-refractivity contribution < 1.29 is 33.9 Å². The minimum Gasteiger partial charge on any atom is -0.508 e. The molecule has 0 unspecified atom stereocenters. The number of hydrogen-bond donors (Lipinski definition) is 2. The molecule has 2 aliphatic carbocycles. The van der Waals surface area contributed by atoms with Crippen molar-refractivity contribution in [3.8, 4) is 11.5 Å². The van der Waals surface area contributed by atoms with Gasteiger partial charge < -0.3 is 9.84 Å². The minimum absolute atomic E-state index is 0.00201. The normalized spacial score (nSPS) is 26.2. The van der Waals surface area contributed by atoms with Gasteiger partial charge in [0.2, 0.25) is 11.8 Å². The molecule has 2 heterocycles. The van der Waals surface area contributed by atoms with E-state index in [1.807, 2.05) is 6.08 Å². The van der Waals surface area contributed by atoms with E-state index in [1.165, 1.54) is 43.5 Å². The van der Waals surface area contributed by atoms with Crippen molar-refractivity contribution in [1.29, 1.82) is 0 Å². The number of imide groups is 2. The largest absolute Gasteiger partial charge is 0.508 e. The van der Waals surface area contributed by atoms with Crippen molar-refractivity contribution in [3.05, 3.63) is 134 Å². The van der Waals surface area contributed by atoms with Crippen LogP contribution in [0.5, 0.6) is 11.5 Å². The maximum atomic E-state index is 15.3. The third-order valence-electron chi connectivity index (χ3n) is 11.1. The summed E-state index contributed by atoms with van der Waals surface area (Å²) in [7, 11) is 1.51. The monoisotopic (exact) mass is 752 g/mol. The van der Waals surface area contributed by atoms with E-state index in [0.29, 0.717) is 27.5 Å². The van der Waals surface area contributed by atoms with Gasteiger partial charge in [0.05, 0.1) is 51.6 Å². The van der Waals surface area contributed by atoms with Crippen LogP contribution in [-0.2, 0) is 24.6 Å². The highest BCUT2D eigenvalue weighted by Crippen LogP contribution is 2.65. The second-order valence-electron chi connectivity index (χ2n) is 13.6. The highest BCUT2D eigenvalue weighted by Gasteiger charge is 2.70. The molecular formula is C39H30Cl2N4O8. The van der Waals surface area contributed by atoms with Crippen LogP contribution in [0.1, 0.15) is 29.9 Å². The number of carbonyl (C=O) groups is 4. The zero-order valence-electron chi connectivity index (χ0n) is 27.9. The van der Waals surface area contributed by atoms with E-state index >= 15 is 4.79 Å². The molecule has 4 aromatic carbocycles. The number of aromatic hydroxyl groups is 1. The van der Waals surface area contributed by atoms with Gasteiger partial charge in [-0.2, -0.15) is 5.01 Å². The Morgan fingerprint density at radius 2 is 1.66 bits per heavy atom. The van der Waals surface area contributed by atoms with E-state index in [-0.39, 0.29) is 40.7 Å². The molecule has 1 saturated carbocycles. The Labute approximate surface area is 312 Å². The lowest BCUT2D eigenvalue weighted by molar-refractivity contribution is -0.384. The van der Waals surface area contributed by atoms with Crippen LogP contribution in [0.4, 0.5) is 17.1 Å². The van der Waals surface area contributed by atoms with E-state index in [9.17, 15) is 29.6 Å². The van der Waals surface area contributed by atoms with Crippen molar-refractivity contribution >= 4 is 63.9 Å². The standard InChI is InChI=1S/C39H30Cl2N4O8/c1-53-24-12-9-20(10-13-24)39-29(36(48)44(38(39)50)42-31-16-11-21(40)17-30(31)41)19-28-25(34(39)26-7-2-3-8-32(26)46)14-15-27-33(28)37(49)43(35(27)47)22-5-4-6-23(18-22)45(51)52/h2-14,16-18,27-29,33-34,42,46H,15,19H2,1H3/t27-,28+,29-,33-,34+,39+/m0/s1. The zero-order valence-corrected chi connectivity index (χ0v) is 29.5. The number of phenols is 1. The van der Waals surface area contributed by atoms with E-state index < -0.39 is 63.6 Å². The SMILES string of the molecule is COc1ccc([C@@]23C(=O)N(Nc4ccc(Cl)cc4Cl)C(=O)[C@@H]2C[C@@H]2C(=CC[C@@H]4C(=O)N(c5cccc([N+](=O)[O-])c5)C(=O)[C@@H]42)[C@@H]3c2ccccc2O)cc1. The Morgan fingerprint density at radius 3 is 2.36 bits per heavy atom. The fraction of sp³-hybridized carbons (Fsp3) is 0.231. The van der Waals surface area contributed by atoms with E-state index in [2.05, 4.69) is 5.43 Å². The molecule has 12 nitrogen and oxygen atoms in total. The number of halogens is 2. The first kappa shape index (κ1) is 34.4. The van der Waals surface area contributed by atoms with Gasteiger partial charge in [-0.1, -0.05) is 71.2 Å². The van der Waals surface area contributed by atoms with Crippen LogP contribution in [0.2, 0.25) is 10.0 Å². The summed E-state index contributed by atoms with van der Waals surface area (Å²) in [4.78, 5) is 70.6. The van der Waals surface area contributed by atoms with Crippen LogP contribution in [0, 0.1) is 33.8 Å². The Hall–Kier alpha value is -5.72. The fourth-order valence-electron chi connectivity index (χ4n) is 8.92. The molecule has 0 bridgehead atoms. The summed E-state index contributed by atoms with van der Waals surface area (Å²) in [5, 5.41) is 24.5. The van der Waals surface area contributed by atoms with Crippen molar-refractivity contribution in [2.45, 2.75) is 24.2 Å². The molecule has 4 amide bonds. The molecule has 3 fully saturated rings. The van der Waals surface area contributed by atoms with Gasteiger partial charge >= 0.3 is 0 Å². The quantitative estimate of drug-likeness (QED) is 0.0896. The van der Waals surface area contributed by atoms with Gasteiger partial charge in [0.15, 0.2) is 0 Å². The van der Waals surface area contributed by atoms with Crippen LogP contribution in [0.25, 0.3) is 0 Å². The summed E-state index contributed by atoms with van der Waals surface area (Å²) in [6.45, 7) is 0. The third-order valence-corrected chi connectivity index (χ3v) is 11.7. The number of para-hydroxylation sites is 1. The highest BCUT2D eigenvalue weighted by molar-refractivity contribution is 6.36. The average molecular weight is 754 g/mol. The number of nitrogens with zero attached hydrogens (tertiary/aromatic N) is 3. The van der Waals surface area contributed by atoms with Gasteiger partial charge in [-0.05, 0) is 66.8 Å². The topological polar surface area (TPSA) is 159 Å². The highest BCUT2D eigenvalue weighted by atomic mass is 35.5. The molecule has 4 aliphatic rings. The van der Waals surface area contributed by atoms with Crippen LogP contribution in [-0.4, -0.2) is 45.8 Å². The van der Waals surface area contributed by atoms with E-state index in [4.69, 9.17) is 27.9 Å². The molecule has 0 spiro atoms. The number of phenolic OH excluding ortho intramolecular Hbond substituents is 1. The molecular weight excluding hydrogens is 723 g/mol. The second kappa shape index (κ2) is 12.7. The van der Waals surface area contributed by atoms with Gasteiger partial charge in [-0.15, -0.1) is 0 Å². The number of nitro benzene ring substituents is 1. The van der Waals surface area contributed by atoms with Crippen LogP contribution in [0.15, 0.2) is 103 Å². The van der Waals surface area contributed by atoms with Crippen LogP contribution >= 0.6 is 23.2 Å². The predicted octanol–water partition coefficient (Wildman–Crippen LogP) is 6.81. The summed E-state index contributed by atoms with van der Waals surface area (Å²) in [5.41, 5.74) is 2.82. The number of rotatable bonds is 7. The number of anilines is 2. The minimum atomic E-state index is -1.64. The summed E-state index contributed by atoms with van der Waals surface area (Å²) in [6.07, 6.45) is 1.99. The van der Waals surface area contributed by atoms with Crippen LogP contribution in [0.3, 0.4) is 0 Å². The van der Waals surface area contributed by atoms with Gasteiger partial charge in [-0.3, -0.25) is 34.7 Å². The summed E-state index contributed by atoms with van der Waals surface area (Å²) >= 11 is 12.6. The first-order valence-electron chi connectivity index (χ1n) is 16.8. The Bertz CT molecular complexity index is 2280. The third kappa shape index (κ3) is 5.11. The number of hydrogen-bond acceptors (Lipinski definition) is 9. The molecule has 6 atom stereocenters. The number of ether oxygens (including phenoxy) is 1. The maximum Gasteiger partial charge on any atom is 0.271 e. The maximum absolute atomic E-state index is 15.3. The summed E-state index contributed by atoms with van der Waals surface area (Å²) in [5.74, 6) is -6.40. The Kier molecular flexibility index (Phi) is 8.27. The number of methoxy groups -OCH3 is 1. The van der Waals surface area contributed by atoms with Gasteiger partial charge in [0.1, 0.15) is 11.5 Å². The summed E-state index contributed by atoms with van der Waals surface area (Å²) in [6, 6.07) is 23.3. The average Bonchev–Trinajstić information content (AvgIpc) is 3.53. The Balaban J connectivity index is 1.32. The van der Waals surface area contributed by atoms with Crippen molar-refractivity contribution in [2.24, 2.45) is 23.7 Å². The first-order valence-corrected chi connectivity index (χ1v) is 17.6. The predicted molar refractivity (Wildman–Crippen MR) is 194 cm³/mol. The number of nitrogens with one attached hydrogen (secondary N) is 1. The van der Waals surface area contributed by atoms with E-state index in [1.54, 1.807) is 54.6 Å².